The molecule has 0 bridgehead atoms. The van der Waals surface area contributed by atoms with E-state index in [9.17, 15) is 8.42 Å². The molecular weight excluding hydrogens is 280 g/mol. The molecule has 0 radical (unpaired) electrons. The monoisotopic (exact) mass is 304 g/mol. The Morgan fingerprint density at radius 2 is 1.80 bits per heavy atom. The van der Waals surface area contributed by atoms with E-state index in [1.165, 1.54) is 0 Å². The highest BCUT2D eigenvalue weighted by Gasteiger charge is 2.41. The van der Waals surface area contributed by atoms with Crippen molar-refractivity contribution < 1.29 is 17.9 Å². The summed E-state index contributed by atoms with van der Waals surface area (Å²) in [6.45, 7) is 5.80. The van der Waals surface area contributed by atoms with E-state index in [0.717, 1.165) is 45.7 Å². The average molecular weight is 304 g/mol. The third kappa shape index (κ3) is 3.01. The van der Waals surface area contributed by atoms with E-state index in [0.29, 0.717) is 26.2 Å². The summed E-state index contributed by atoms with van der Waals surface area (Å²) in [7, 11) is -3.19. The Hall–Kier alpha value is -0.210. The summed E-state index contributed by atoms with van der Waals surface area (Å²) < 4.78 is 37.7. The average Bonchev–Trinajstić information content (AvgIpc) is 3.11. The molecule has 0 aromatic rings. The van der Waals surface area contributed by atoms with Crippen LogP contribution in [0, 0.1) is 0 Å². The highest BCUT2D eigenvalue weighted by atomic mass is 32.2. The maximum Gasteiger partial charge on any atom is 0.219 e. The van der Waals surface area contributed by atoms with Crippen molar-refractivity contribution in [3.8, 4) is 0 Å². The van der Waals surface area contributed by atoms with Gasteiger partial charge < -0.3 is 9.47 Å². The van der Waals surface area contributed by atoms with Crippen LogP contribution in [0.1, 0.15) is 19.3 Å². The minimum absolute atomic E-state index is 0.138. The molecule has 116 valence electrons. The molecule has 3 saturated heterocycles. The quantitative estimate of drug-likeness (QED) is 0.726. The zero-order valence-electron chi connectivity index (χ0n) is 11.9. The van der Waals surface area contributed by atoms with Gasteiger partial charge in [-0.15, -0.1) is 0 Å². The Kier molecular flexibility index (Phi) is 4.62. The van der Waals surface area contributed by atoms with Crippen molar-refractivity contribution in [1.29, 1.82) is 0 Å². The van der Waals surface area contributed by atoms with Gasteiger partial charge in [0, 0.05) is 38.8 Å². The second-order valence-electron chi connectivity index (χ2n) is 5.85. The van der Waals surface area contributed by atoms with Gasteiger partial charge in [-0.25, -0.2) is 8.42 Å². The molecule has 20 heavy (non-hydrogen) atoms. The van der Waals surface area contributed by atoms with Crippen molar-refractivity contribution in [2.24, 2.45) is 0 Å². The first-order valence-electron chi connectivity index (χ1n) is 7.56. The highest BCUT2D eigenvalue weighted by Crippen LogP contribution is 2.27. The first-order chi connectivity index (χ1) is 9.68. The fraction of sp³-hybridized carbons (Fsp3) is 1.00. The van der Waals surface area contributed by atoms with E-state index in [-0.39, 0.29) is 11.3 Å². The van der Waals surface area contributed by atoms with Crippen LogP contribution in [-0.4, -0.2) is 81.5 Å². The smallest absolute Gasteiger partial charge is 0.219 e. The minimum atomic E-state index is -3.19. The number of morpholine rings is 1. The molecule has 0 aromatic carbocycles. The summed E-state index contributed by atoms with van der Waals surface area (Å²) in [5, 5.41) is -0.326. The molecule has 7 heteroatoms. The van der Waals surface area contributed by atoms with E-state index in [1.807, 2.05) is 0 Å². The van der Waals surface area contributed by atoms with Gasteiger partial charge >= 0.3 is 0 Å². The normalized spacial score (nSPS) is 33.8. The molecule has 3 aliphatic rings. The molecule has 0 saturated carbocycles. The van der Waals surface area contributed by atoms with Gasteiger partial charge in [-0.3, -0.25) is 4.90 Å². The largest absolute Gasteiger partial charge is 0.380 e. The molecule has 0 aliphatic carbocycles. The molecule has 3 fully saturated rings. The van der Waals surface area contributed by atoms with Crippen LogP contribution in [0.25, 0.3) is 0 Å². The third-order valence-corrected chi connectivity index (χ3v) is 6.88. The fourth-order valence-corrected chi connectivity index (χ4v) is 5.36. The predicted octanol–water partition coefficient (Wildman–Crippen LogP) is -0.0983. The van der Waals surface area contributed by atoms with Crippen molar-refractivity contribution in [3.63, 3.8) is 0 Å². The molecular formula is C13H24N2O4S. The van der Waals surface area contributed by atoms with Crippen LogP contribution in [0.2, 0.25) is 0 Å². The van der Waals surface area contributed by atoms with E-state index < -0.39 is 10.0 Å². The van der Waals surface area contributed by atoms with Crippen LogP contribution in [0.3, 0.4) is 0 Å². The maximum absolute atomic E-state index is 12.7. The Balaban J connectivity index is 1.65. The molecule has 6 nitrogen and oxygen atoms in total. The van der Waals surface area contributed by atoms with Gasteiger partial charge in [0.1, 0.15) is 5.25 Å². The molecule has 3 aliphatic heterocycles. The third-order valence-electron chi connectivity index (χ3n) is 4.53. The van der Waals surface area contributed by atoms with Gasteiger partial charge in [0.15, 0.2) is 0 Å². The van der Waals surface area contributed by atoms with Gasteiger partial charge in [-0.05, 0) is 19.3 Å². The lowest BCUT2D eigenvalue weighted by molar-refractivity contribution is 0.0312. The molecule has 3 heterocycles. The molecule has 3 rings (SSSR count). The Morgan fingerprint density at radius 1 is 1.00 bits per heavy atom. The summed E-state index contributed by atoms with van der Waals surface area (Å²) in [6.07, 6.45) is 2.59. The van der Waals surface area contributed by atoms with Crippen LogP contribution >= 0.6 is 0 Å². The standard InChI is InChI=1S/C13H24N2O4S/c16-20(17,13-3-7-19-11-13)15-4-1-2-12(15)10-14-5-8-18-9-6-14/h12-13H,1-11H2/t12-,13?/m0/s1. The van der Waals surface area contributed by atoms with Crippen molar-refractivity contribution in [1.82, 2.24) is 9.21 Å². The van der Waals surface area contributed by atoms with E-state index >= 15 is 0 Å². The summed E-state index contributed by atoms with van der Waals surface area (Å²) in [5.74, 6) is 0. The number of rotatable bonds is 4. The van der Waals surface area contributed by atoms with Gasteiger partial charge in [-0.1, -0.05) is 0 Å². The van der Waals surface area contributed by atoms with Crippen LogP contribution < -0.4 is 0 Å². The van der Waals surface area contributed by atoms with Crippen LogP contribution in [0.4, 0.5) is 0 Å². The molecule has 0 N–H and O–H groups in total. The molecule has 0 spiro atoms. The van der Waals surface area contributed by atoms with E-state index in [2.05, 4.69) is 4.90 Å². The number of ether oxygens (including phenoxy) is 2. The lowest BCUT2D eigenvalue weighted by atomic mass is 10.2. The number of hydrogen-bond donors (Lipinski definition) is 0. The lowest BCUT2D eigenvalue weighted by Crippen LogP contribution is -2.49. The zero-order valence-corrected chi connectivity index (χ0v) is 12.7. The summed E-state index contributed by atoms with van der Waals surface area (Å²) in [6, 6.07) is 0.138. The molecule has 0 amide bonds. The van der Waals surface area contributed by atoms with Crippen LogP contribution in [0.5, 0.6) is 0 Å². The summed E-state index contributed by atoms with van der Waals surface area (Å²) >= 11 is 0. The van der Waals surface area contributed by atoms with Gasteiger partial charge in [-0.2, -0.15) is 4.31 Å². The Bertz CT molecular complexity index is 416. The van der Waals surface area contributed by atoms with Crippen molar-refractivity contribution in [3.05, 3.63) is 0 Å². The number of hydrogen-bond acceptors (Lipinski definition) is 5. The van der Waals surface area contributed by atoms with Gasteiger partial charge in [0.2, 0.25) is 10.0 Å². The number of nitrogens with zero attached hydrogens (tertiary/aromatic N) is 2. The second-order valence-corrected chi connectivity index (χ2v) is 8.02. The first-order valence-corrected chi connectivity index (χ1v) is 9.07. The topological polar surface area (TPSA) is 59.1 Å². The maximum atomic E-state index is 12.7. The number of sulfonamides is 1. The first kappa shape index (κ1) is 14.7. The Labute approximate surface area is 121 Å². The highest BCUT2D eigenvalue weighted by molar-refractivity contribution is 7.89. The van der Waals surface area contributed by atoms with Crippen molar-refractivity contribution in [2.75, 3.05) is 52.6 Å². The second kappa shape index (κ2) is 6.27. The van der Waals surface area contributed by atoms with Crippen LogP contribution in [-0.2, 0) is 19.5 Å². The van der Waals surface area contributed by atoms with E-state index in [1.54, 1.807) is 4.31 Å². The molecule has 2 atom stereocenters. The summed E-state index contributed by atoms with van der Waals surface area (Å²) in [5.41, 5.74) is 0. The fourth-order valence-electron chi connectivity index (χ4n) is 3.35. The van der Waals surface area contributed by atoms with E-state index in [4.69, 9.17) is 9.47 Å². The molecule has 0 aromatic heterocycles. The predicted molar refractivity (Wildman–Crippen MR) is 75.1 cm³/mol. The Morgan fingerprint density at radius 3 is 2.50 bits per heavy atom. The van der Waals surface area contributed by atoms with Crippen LogP contribution in [0.15, 0.2) is 0 Å². The zero-order chi connectivity index (χ0) is 14.0. The summed E-state index contributed by atoms with van der Waals surface area (Å²) in [4.78, 5) is 2.33. The SMILES string of the molecule is O=S(=O)(C1CCOC1)N1CCC[C@H]1CN1CCOCC1. The van der Waals surface area contributed by atoms with Gasteiger partial charge in [0.05, 0.1) is 19.8 Å². The molecule has 1 unspecified atom stereocenters. The van der Waals surface area contributed by atoms with Gasteiger partial charge in [0.25, 0.3) is 0 Å². The minimum Gasteiger partial charge on any atom is -0.380 e. The van der Waals surface area contributed by atoms with Crippen molar-refractivity contribution >= 4 is 10.0 Å². The lowest BCUT2D eigenvalue weighted by Gasteiger charge is -2.33. The van der Waals surface area contributed by atoms with Crippen molar-refractivity contribution in [2.45, 2.75) is 30.6 Å².